The molecular weight excluding hydrogens is 400 g/mol. The predicted molar refractivity (Wildman–Crippen MR) is 118 cm³/mol. The number of rotatable bonds is 5. The summed E-state index contributed by atoms with van der Waals surface area (Å²) >= 11 is 0.873. The summed E-state index contributed by atoms with van der Waals surface area (Å²) in [5.74, 6) is 0.0663. The van der Waals surface area contributed by atoms with Crippen molar-refractivity contribution in [2.24, 2.45) is 0 Å². The number of imide groups is 1. The quantitative estimate of drug-likeness (QED) is 0.670. The molecule has 2 aromatic carbocycles. The molecule has 4 rings (SSSR count). The number of thioether (sulfide) groups is 1. The van der Waals surface area contributed by atoms with Gasteiger partial charge in [-0.2, -0.15) is 0 Å². The Morgan fingerprint density at radius 1 is 1.10 bits per heavy atom. The highest BCUT2D eigenvalue weighted by Gasteiger charge is 2.37. The average molecular weight is 425 g/mol. The Morgan fingerprint density at radius 2 is 1.87 bits per heavy atom. The molecule has 2 aromatic rings. The topological polar surface area (TPSA) is 66.9 Å². The summed E-state index contributed by atoms with van der Waals surface area (Å²) in [6.07, 6.45) is 4.76. The van der Waals surface area contributed by atoms with E-state index in [4.69, 9.17) is 4.74 Å². The number of carbonyl (C=O) groups is 3. The number of piperidine rings is 1. The van der Waals surface area contributed by atoms with Crippen molar-refractivity contribution in [1.82, 2.24) is 9.80 Å². The zero-order chi connectivity index (χ0) is 21.1. The van der Waals surface area contributed by atoms with Gasteiger partial charge in [-0.1, -0.05) is 30.3 Å². The van der Waals surface area contributed by atoms with Crippen molar-refractivity contribution in [3.8, 4) is 5.75 Å². The fraction of sp³-hybridized carbons (Fsp3) is 0.348. The smallest absolute Gasteiger partial charge is 0.294 e. The molecule has 2 aliphatic rings. The van der Waals surface area contributed by atoms with E-state index in [9.17, 15) is 14.4 Å². The summed E-state index contributed by atoms with van der Waals surface area (Å²) in [6, 6.07) is 11.7. The minimum absolute atomic E-state index is 0.168. The first-order valence-electron chi connectivity index (χ1n) is 10.3. The molecule has 30 heavy (non-hydrogen) atoms. The molecule has 0 atom stereocenters. The molecule has 2 fully saturated rings. The fourth-order valence-electron chi connectivity index (χ4n) is 3.85. The lowest BCUT2D eigenvalue weighted by atomic mass is 10.0. The minimum atomic E-state index is -0.425. The highest BCUT2D eigenvalue weighted by atomic mass is 32.2. The molecule has 0 unspecified atom stereocenters. The molecule has 0 bridgehead atoms. The molecule has 0 radical (unpaired) electrons. The number of carbonyl (C=O) groups excluding carboxylic acids is 3. The van der Waals surface area contributed by atoms with Crippen molar-refractivity contribution in [1.29, 1.82) is 0 Å². The first kappa shape index (κ1) is 20.5. The third kappa shape index (κ3) is 4.07. The molecule has 6 nitrogen and oxygen atoms in total. The molecule has 0 aromatic heterocycles. The lowest BCUT2D eigenvalue weighted by Crippen LogP contribution is -2.44. The van der Waals surface area contributed by atoms with E-state index >= 15 is 0 Å². The van der Waals surface area contributed by atoms with Crippen LogP contribution in [0.2, 0.25) is 0 Å². The van der Waals surface area contributed by atoms with Gasteiger partial charge < -0.3 is 9.64 Å². The number of benzene rings is 2. The predicted octanol–water partition coefficient (Wildman–Crippen LogP) is 4.29. The monoisotopic (exact) mass is 424 g/mol. The van der Waals surface area contributed by atoms with Crippen molar-refractivity contribution in [3.05, 3.63) is 46.9 Å². The standard InChI is InChI=1S/C23H24N2O4S/c1-2-29-19-11-10-16-8-4-5-9-17(16)18(19)14-20-22(27)25(23(28)30-20)15-21(26)24-12-6-3-7-13-24/h4-5,8-11,14H,2-3,6-7,12-13,15H2,1H3/b20-14-. The van der Waals surface area contributed by atoms with Gasteiger partial charge in [0, 0.05) is 18.7 Å². The van der Waals surface area contributed by atoms with Crippen LogP contribution in [0.1, 0.15) is 31.7 Å². The summed E-state index contributed by atoms with van der Waals surface area (Å²) in [5, 5.41) is 1.56. The van der Waals surface area contributed by atoms with Crippen LogP contribution in [0.15, 0.2) is 41.3 Å². The lowest BCUT2D eigenvalue weighted by molar-refractivity contribution is -0.136. The lowest BCUT2D eigenvalue weighted by Gasteiger charge is -2.27. The summed E-state index contributed by atoms with van der Waals surface area (Å²) in [4.78, 5) is 41.1. The van der Waals surface area contributed by atoms with Gasteiger partial charge in [0.25, 0.3) is 11.1 Å². The van der Waals surface area contributed by atoms with Crippen LogP contribution in [0.25, 0.3) is 16.8 Å². The van der Waals surface area contributed by atoms with Gasteiger partial charge in [0.15, 0.2) is 0 Å². The van der Waals surface area contributed by atoms with E-state index in [0.717, 1.165) is 52.3 Å². The van der Waals surface area contributed by atoms with E-state index in [1.54, 1.807) is 11.0 Å². The van der Waals surface area contributed by atoms with Crippen molar-refractivity contribution in [3.63, 3.8) is 0 Å². The summed E-state index contributed by atoms with van der Waals surface area (Å²) in [6.45, 7) is 3.58. The average Bonchev–Trinajstić information content (AvgIpc) is 3.03. The number of amides is 3. The van der Waals surface area contributed by atoms with Gasteiger partial charge in [-0.25, -0.2) is 0 Å². The van der Waals surface area contributed by atoms with E-state index in [1.165, 1.54) is 0 Å². The van der Waals surface area contributed by atoms with Crippen LogP contribution in [0.4, 0.5) is 4.79 Å². The molecule has 7 heteroatoms. The van der Waals surface area contributed by atoms with Crippen LogP contribution in [-0.2, 0) is 9.59 Å². The number of hydrogen-bond donors (Lipinski definition) is 0. The van der Waals surface area contributed by atoms with E-state index in [2.05, 4.69) is 0 Å². The maximum absolute atomic E-state index is 12.9. The molecule has 2 saturated heterocycles. The van der Waals surface area contributed by atoms with Crippen molar-refractivity contribution in [2.45, 2.75) is 26.2 Å². The van der Waals surface area contributed by atoms with Crippen LogP contribution in [0, 0.1) is 0 Å². The van der Waals surface area contributed by atoms with Crippen LogP contribution in [0.3, 0.4) is 0 Å². The third-order valence-electron chi connectivity index (χ3n) is 5.38. The summed E-state index contributed by atoms with van der Waals surface area (Å²) in [7, 11) is 0. The van der Waals surface area contributed by atoms with Gasteiger partial charge in [0.1, 0.15) is 12.3 Å². The Hall–Kier alpha value is -2.80. The van der Waals surface area contributed by atoms with Gasteiger partial charge >= 0.3 is 0 Å². The maximum atomic E-state index is 12.9. The van der Waals surface area contributed by atoms with Gasteiger partial charge in [0.2, 0.25) is 5.91 Å². The van der Waals surface area contributed by atoms with Crippen LogP contribution in [0.5, 0.6) is 5.75 Å². The molecule has 0 N–H and O–H groups in total. The van der Waals surface area contributed by atoms with Crippen LogP contribution in [-0.4, -0.2) is 53.1 Å². The zero-order valence-corrected chi connectivity index (χ0v) is 17.7. The molecule has 0 saturated carbocycles. The molecule has 2 aliphatic heterocycles. The number of likely N-dealkylation sites (tertiary alicyclic amines) is 1. The Bertz CT molecular complexity index is 1030. The van der Waals surface area contributed by atoms with Gasteiger partial charge in [-0.15, -0.1) is 0 Å². The molecule has 0 spiro atoms. The highest BCUT2D eigenvalue weighted by molar-refractivity contribution is 8.18. The SMILES string of the molecule is CCOc1ccc2ccccc2c1/C=C1\SC(=O)N(CC(=O)N2CCCCC2)C1=O. The summed E-state index contributed by atoms with van der Waals surface area (Å²) in [5.41, 5.74) is 0.766. The maximum Gasteiger partial charge on any atom is 0.294 e. The normalized spacial score (nSPS) is 18.5. The number of hydrogen-bond acceptors (Lipinski definition) is 5. The number of fused-ring (bicyclic) bond motifs is 1. The van der Waals surface area contributed by atoms with E-state index < -0.39 is 11.1 Å². The second-order valence-electron chi connectivity index (χ2n) is 7.34. The molecule has 3 amide bonds. The number of ether oxygens (including phenoxy) is 1. The van der Waals surface area contributed by atoms with E-state index in [-0.39, 0.29) is 12.5 Å². The Kier molecular flexibility index (Phi) is 6.08. The van der Waals surface area contributed by atoms with E-state index in [1.807, 2.05) is 43.3 Å². The van der Waals surface area contributed by atoms with Crippen LogP contribution >= 0.6 is 11.8 Å². The fourth-order valence-corrected chi connectivity index (χ4v) is 4.67. The van der Waals surface area contributed by atoms with Gasteiger partial charge in [-0.3, -0.25) is 19.3 Å². The minimum Gasteiger partial charge on any atom is -0.493 e. The highest BCUT2D eigenvalue weighted by Crippen LogP contribution is 2.36. The zero-order valence-electron chi connectivity index (χ0n) is 16.9. The Labute approximate surface area is 179 Å². The molecule has 2 heterocycles. The molecular formula is C23H24N2O4S. The first-order valence-corrected chi connectivity index (χ1v) is 11.1. The van der Waals surface area contributed by atoms with Crippen molar-refractivity contribution in [2.75, 3.05) is 26.2 Å². The second kappa shape index (κ2) is 8.92. The summed E-state index contributed by atoms with van der Waals surface area (Å²) < 4.78 is 5.76. The Morgan fingerprint density at radius 3 is 2.63 bits per heavy atom. The van der Waals surface area contributed by atoms with Crippen molar-refractivity contribution < 1.29 is 19.1 Å². The Balaban J connectivity index is 1.62. The third-order valence-corrected chi connectivity index (χ3v) is 6.29. The first-order chi connectivity index (χ1) is 14.6. The second-order valence-corrected chi connectivity index (χ2v) is 8.33. The van der Waals surface area contributed by atoms with Crippen molar-refractivity contribution >= 4 is 45.7 Å². The van der Waals surface area contributed by atoms with Crippen LogP contribution < -0.4 is 4.74 Å². The van der Waals surface area contributed by atoms with E-state index in [0.29, 0.717) is 30.4 Å². The number of nitrogens with zero attached hydrogens (tertiary/aromatic N) is 2. The van der Waals surface area contributed by atoms with Gasteiger partial charge in [0.05, 0.1) is 11.5 Å². The largest absolute Gasteiger partial charge is 0.493 e. The van der Waals surface area contributed by atoms with Gasteiger partial charge in [-0.05, 0) is 60.9 Å². The molecule has 0 aliphatic carbocycles. The molecule has 156 valence electrons.